The lowest BCUT2D eigenvalue weighted by Gasteiger charge is -2.13. The molecule has 2 aromatic rings. The zero-order valence-corrected chi connectivity index (χ0v) is 12.2. The zero-order chi connectivity index (χ0) is 13.5. The Morgan fingerprint density at radius 1 is 1.42 bits per heavy atom. The molecule has 0 N–H and O–H groups in total. The first-order valence-corrected chi connectivity index (χ1v) is 7.28. The molecule has 102 valence electrons. The van der Waals surface area contributed by atoms with Crippen molar-refractivity contribution in [1.82, 2.24) is 9.55 Å². The second-order valence-electron chi connectivity index (χ2n) is 5.72. The standard InChI is InChI=1S/C15H19ClN2O/c1-15(6-7-15)10-18-13-4-3-11(19-2)9-12(13)17-14(18)5-8-16/h3-4,9H,5-8,10H2,1-2H3. The Balaban J connectivity index is 2.06. The molecule has 1 fully saturated rings. The van der Waals surface area contributed by atoms with Gasteiger partial charge in [-0.1, -0.05) is 6.92 Å². The molecule has 1 aromatic heterocycles. The van der Waals surface area contributed by atoms with Crippen molar-refractivity contribution < 1.29 is 4.74 Å². The molecule has 1 aliphatic carbocycles. The number of aryl methyl sites for hydroxylation is 1. The highest BCUT2D eigenvalue weighted by molar-refractivity contribution is 6.17. The van der Waals surface area contributed by atoms with Gasteiger partial charge in [-0.05, 0) is 30.4 Å². The Morgan fingerprint density at radius 3 is 2.84 bits per heavy atom. The number of nitrogens with zero attached hydrogens (tertiary/aromatic N) is 2. The average molecular weight is 279 g/mol. The summed E-state index contributed by atoms with van der Waals surface area (Å²) in [5, 5.41) is 0. The number of hydrogen-bond acceptors (Lipinski definition) is 2. The van der Waals surface area contributed by atoms with Crippen LogP contribution in [0.3, 0.4) is 0 Å². The first-order chi connectivity index (χ1) is 9.15. The van der Waals surface area contributed by atoms with Gasteiger partial charge >= 0.3 is 0 Å². The zero-order valence-electron chi connectivity index (χ0n) is 11.4. The van der Waals surface area contributed by atoms with Crippen molar-refractivity contribution in [3.63, 3.8) is 0 Å². The second kappa shape index (κ2) is 4.71. The fourth-order valence-electron chi connectivity index (χ4n) is 2.49. The van der Waals surface area contributed by atoms with E-state index in [1.54, 1.807) is 7.11 Å². The van der Waals surface area contributed by atoms with Gasteiger partial charge in [-0.3, -0.25) is 0 Å². The molecule has 4 heteroatoms. The number of benzene rings is 1. The number of alkyl halides is 1. The van der Waals surface area contributed by atoms with Gasteiger partial charge in [0.1, 0.15) is 11.6 Å². The molecule has 0 aliphatic heterocycles. The van der Waals surface area contributed by atoms with Crippen LogP contribution in [0.15, 0.2) is 18.2 Å². The minimum atomic E-state index is 0.453. The van der Waals surface area contributed by atoms with Crippen LogP contribution in [0, 0.1) is 5.41 Å². The highest BCUT2D eigenvalue weighted by Crippen LogP contribution is 2.47. The summed E-state index contributed by atoms with van der Waals surface area (Å²) in [4.78, 5) is 4.72. The van der Waals surface area contributed by atoms with Gasteiger partial charge in [-0.25, -0.2) is 4.98 Å². The van der Waals surface area contributed by atoms with Crippen LogP contribution in [0.2, 0.25) is 0 Å². The number of hydrogen-bond donors (Lipinski definition) is 0. The Hall–Kier alpha value is -1.22. The topological polar surface area (TPSA) is 27.1 Å². The van der Waals surface area contributed by atoms with E-state index in [0.29, 0.717) is 11.3 Å². The van der Waals surface area contributed by atoms with E-state index in [1.807, 2.05) is 12.1 Å². The van der Waals surface area contributed by atoms with Crippen molar-refractivity contribution >= 4 is 22.6 Å². The van der Waals surface area contributed by atoms with E-state index in [9.17, 15) is 0 Å². The summed E-state index contributed by atoms with van der Waals surface area (Å²) in [6, 6.07) is 6.10. The van der Waals surface area contributed by atoms with Crippen LogP contribution in [0.1, 0.15) is 25.6 Å². The molecule has 0 saturated heterocycles. The Morgan fingerprint density at radius 2 is 2.21 bits per heavy atom. The van der Waals surface area contributed by atoms with Crippen LogP contribution in [0.25, 0.3) is 11.0 Å². The maximum atomic E-state index is 5.90. The normalized spacial score (nSPS) is 16.8. The molecule has 3 nitrogen and oxygen atoms in total. The van der Waals surface area contributed by atoms with Gasteiger partial charge in [-0.2, -0.15) is 0 Å². The van der Waals surface area contributed by atoms with E-state index in [0.717, 1.165) is 30.1 Å². The first kappa shape index (κ1) is 12.8. The molecule has 1 aromatic carbocycles. The van der Waals surface area contributed by atoms with Crippen LogP contribution in [0.5, 0.6) is 5.75 Å². The molecule has 0 spiro atoms. The van der Waals surface area contributed by atoms with Crippen molar-refractivity contribution in [2.75, 3.05) is 13.0 Å². The SMILES string of the molecule is COc1ccc2c(c1)nc(CCCl)n2CC1(C)CC1. The second-order valence-corrected chi connectivity index (χ2v) is 6.10. The molecule has 19 heavy (non-hydrogen) atoms. The number of imidazole rings is 1. The van der Waals surface area contributed by atoms with Crippen LogP contribution in [-0.2, 0) is 13.0 Å². The number of ether oxygens (including phenoxy) is 1. The lowest BCUT2D eigenvalue weighted by Crippen LogP contribution is -2.11. The highest BCUT2D eigenvalue weighted by Gasteiger charge is 2.38. The summed E-state index contributed by atoms with van der Waals surface area (Å²) < 4.78 is 7.61. The minimum absolute atomic E-state index is 0.453. The molecule has 1 heterocycles. The number of fused-ring (bicyclic) bond motifs is 1. The number of methoxy groups -OCH3 is 1. The van der Waals surface area contributed by atoms with Gasteiger partial charge in [0.25, 0.3) is 0 Å². The smallest absolute Gasteiger partial charge is 0.121 e. The van der Waals surface area contributed by atoms with Gasteiger partial charge in [0.2, 0.25) is 0 Å². The minimum Gasteiger partial charge on any atom is -0.497 e. The molecule has 3 rings (SSSR count). The average Bonchev–Trinajstić information content (AvgIpc) is 3.04. The molecular formula is C15H19ClN2O. The van der Waals surface area contributed by atoms with Crippen LogP contribution in [-0.4, -0.2) is 22.5 Å². The molecule has 0 amide bonds. The molecule has 0 bridgehead atoms. The van der Waals surface area contributed by atoms with E-state index in [1.165, 1.54) is 18.4 Å². The van der Waals surface area contributed by atoms with E-state index in [4.69, 9.17) is 21.3 Å². The third-order valence-corrected chi connectivity index (χ3v) is 4.18. The molecule has 0 atom stereocenters. The predicted octanol–water partition coefficient (Wildman–Crippen LogP) is 3.63. The number of rotatable bonds is 5. The summed E-state index contributed by atoms with van der Waals surface area (Å²) in [5.41, 5.74) is 2.65. The summed E-state index contributed by atoms with van der Waals surface area (Å²) in [5.74, 6) is 2.55. The van der Waals surface area contributed by atoms with Crippen LogP contribution in [0.4, 0.5) is 0 Å². The summed E-state index contributed by atoms with van der Waals surface area (Å²) in [7, 11) is 1.68. The Bertz CT molecular complexity index is 601. The highest BCUT2D eigenvalue weighted by atomic mass is 35.5. The van der Waals surface area contributed by atoms with E-state index < -0.39 is 0 Å². The van der Waals surface area contributed by atoms with Crippen molar-refractivity contribution in [3.05, 3.63) is 24.0 Å². The maximum Gasteiger partial charge on any atom is 0.121 e. The first-order valence-electron chi connectivity index (χ1n) is 6.74. The van der Waals surface area contributed by atoms with Gasteiger partial charge in [0, 0.05) is 24.9 Å². The third-order valence-electron chi connectivity index (χ3n) is 4.00. The lowest BCUT2D eigenvalue weighted by molar-refractivity contribution is 0.415. The number of aromatic nitrogens is 2. The molecular weight excluding hydrogens is 260 g/mol. The van der Waals surface area contributed by atoms with Gasteiger partial charge in [-0.15, -0.1) is 11.6 Å². The van der Waals surface area contributed by atoms with Gasteiger partial charge in [0.05, 0.1) is 18.1 Å². The molecule has 1 aliphatic rings. The van der Waals surface area contributed by atoms with Crippen LogP contribution < -0.4 is 4.74 Å². The quantitative estimate of drug-likeness (QED) is 0.781. The van der Waals surface area contributed by atoms with Gasteiger partial charge < -0.3 is 9.30 Å². The fraction of sp³-hybridized carbons (Fsp3) is 0.533. The predicted molar refractivity (Wildman–Crippen MR) is 78.1 cm³/mol. The summed E-state index contributed by atoms with van der Waals surface area (Å²) >= 11 is 5.90. The van der Waals surface area contributed by atoms with Crippen molar-refractivity contribution in [2.45, 2.75) is 32.7 Å². The van der Waals surface area contributed by atoms with E-state index >= 15 is 0 Å². The molecule has 0 radical (unpaired) electrons. The van der Waals surface area contributed by atoms with Crippen molar-refractivity contribution in [2.24, 2.45) is 5.41 Å². The Kier molecular flexibility index (Phi) is 3.17. The van der Waals surface area contributed by atoms with Crippen molar-refractivity contribution in [1.29, 1.82) is 0 Å². The molecule has 0 unspecified atom stereocenters. The van der Waals surface area contributed by atoms with E-state index in [-0.39, 0.29) is 0 Å². The summed E-state index contributed by atoms with van der Waals surface area (Å²) in [6.07, 6.45) is 3.43. The molecule has 1 saturated carbocycles. The monoisotopic (exact) mass is 278 g/mol. The fourth-order valence-corrected chi connectivity index (χ4v) is 2.66. The summed E-state index contributed by atoms with van der Waals surface area (Å²) in [6.45, 7) is 3.38. The van der Waals surface area contributed by atoms with E-state index in [2.05, 4.69) is 17.6 Å². The van der Waals surface area contributed by atoms with Gasteiger partial charge in [0.15, 0.2) is 0 Å². The van der Waals surface area contributed by atoms with Crippen molar-refractivity contribution in [3.8, 4) is 5.75 Å². The maximum absolute atomic E-state index is 5.90. The van der Waals surface area contributed by atoms with Crippen LogP contribution >= 0.6 is 11.6 Å². The third kappa shape index (κ3) is 2.44. The lowest BCUT2D eigenvalue weighted by atomic mass is 10.1. The largest absolute Gasteiger partial charge is 0.497 e. The number of halogens is 1. The Labute approximate surface area is 118 Å².